The van der Waals surface area contributed by atoms with E-state index in [0.717, 1.165) is 10.00 Å². The van der Waals surface area contributed by atoms with Crippen LogP contribution in [0.3, 0.4) is 0 Å². The minimum absolute atomic E-state index is 0.0136. The molecular formula is C18H22N6O4S. The lowest BCUT2D eigenvalue weighted by Gasteiger charge is -2.11. The van der Waals surface area contributed by atoms with Crippen molar-refractivity contribution in [2.75, 3.05) is 19.4 Å². The van der Waals surface area contributed by atoms with Crippen molar-refractivity contribution >= 4 is 21.9 Å². The molecule has 2 aromatic heterocycles. The zero-order valence-corrected chi connectivity index (χ0v) is 17.6. The van der Waals surface area contributed by atoms with Gasteiger partial charge in [-0.25, -0.2) is 12.7 Å². The third-order valence-electron chi connectivity index (χ3n) is 4.10. The summed E-state index contributed by atoms with van der Waals surface area (Å²) < 4.78 is 32.5. The van der Waals surface area contributed by atoms with E-state index in [9.17, 15) is 13.2 Å². The van der Waals surface area contributed by atoms with E-state index in [1.54, 1.807) is 29.8 Å². The Bertz CT molecular complexity index is 1130. The summed E-state index contributed by atoms with van der Waals surface area (Å²) in [6, 6.07) is 7.66. The number of carbonyl (C=O) groups is 1. The number of hydrogen-bond acceptors (Lipinski definition) is 7. The maximum absolute atomic E-state index is 12.5. The highest BCUT2D eigenvalue weighted by molar-refractivity contribution is 7.89. The predicted octanol–water partition coefficient (Wildman–Crippen LogP) is 2.33. The Morgan fingerprint density at radius 2 is 1.83 bits per heavy atom. The first-order valence-electron chi connectivity index (χ1n) is 8.83. The molecule has 0 aliphatic rings. The predicted molar refractivity (Wildman–Crippen MR) is 106 cm³/mol. The monoisotopic (exact) mass is 418 g/mol. The summed E-state index contributed by atoms with van der Waals surface area (Å²) in [5.41, 5.74) is 1.64. The molecule has 29 heavy (non-hydrogen) atoms. The first kappa shape index (κ1) is 20.7. The Morgan fingerprint density at radius 3 is 2.41 bits per heavy atom. The van der Waals surface area contributed by atoms with Gasteiger partial charge in [-0.15, -0.1) is 5.10 Å². The Balaban J connectivity index is 1.79. The highest BCUT2D eigenvalue weighted by Gasteiger charge is 2.20. The second-order valence-electron chi connectivity index (χ2n) is 6.89. The lowest BCUT2D eigenvalue weighted by atomic mass is 10.2. The molecule has 0 spiro atoms. The molecule has 11 heteroatoms. The van der Waals surface area contributed by atoms with Crippen molar-refractivity contribution in [2.24, 2.45) is 0 Å². The van der Waals surface area contributed by atoms with Crippen molar-refractivity contribution in [3.05, 3.63) is 41.7 Å². The summed E-state index contributed by atoms with van der Waals surface area (Å²) in [5.74, 6) is -0.260. The van der Waals surface area contributed by atoms with Gasteiger partial charge in [-0.05, 0) is 51.1 Å². The van der Waals surface area contributed by atoms with Gasteiger partial charge >= 0.3 is 6.01 Å². The second kappa shape index (κ2) is 7.76. The summed E-state index contributed by atoms with van der Waals surface area (Å²) in [5, 5.41) is 14.6. The number of aryl methyl sites for hydroxylation is 1. The molecule has 1 amide bonds. The van der Waals surface area contributed by atoms with E-state index >= 15 is 0 Å². The van der Waals surface area contributed by atoms with Gasteiger partial charge in [0.2, 0.25) is 15.9 Å². The average Bonchev–Trinajstić information content (AvgIpc) is 3.28. The van der Waals surface area contributed by atoms with Gasteiger partial charge in [-0.1, -0.05) is 5.10 Å². The Labute approximate surface area is 168 Å². The average molecular weight is 418 g/mol. The summed E-state index contributed by atoms with van der Waals surface area (Å²) in [4.78, 5) is 12.7. The van der Waals surface area contributed by atoms with Crippen LogP contribution in [0.4, 0.5) is 6.01 Å². The molecule has 10 nitrogen and oxygen atoms in total. The van der Waals surface area contributed by atoms with Crippen LogP contribution in [0, 0.1) is 6.92 Å². The summed E-state index contributed by atoms with van der Waals surface area (Å²) >= 11 is 0. The van der Waals surface area contributed by atoms with Gasteiger partial charge in [0, 0.05) is 25.7 Å². The zero-order valence-electron chi connectivity index (χ0n) is 16.7. The van der Waals surface area contributed by atoms with Crippen LogP contribution in [0.25, 0.3) is 11.5 Å². The maximum atomic E-state index is 12.5. The molecule has 2 heterocycles. The number of amides is 1. The number of hydrogen-bond donors (Lipinski definition) is 1. The first-order valence-corrected chi connectivity index (χ1v) is 10.3. The summed E-state index contributed by atoms with van der Waals surface area (Å²) in [7, 11) is -0.602. The van der Waals surface area contributed by atoms with Crippen molar-refractivity contribution in [3.8, 4) is 11.5 Å². The number of sulfonamides is 1. The number of carbonyl (C=O) groups excluding carboxylic acids is 1. The lowest BCUT2D eigenvalue weighted by Crippen LogP contribution is -2.22. The lowest BCUT2D eigenvalue weighted by molar-refractivity contribution is 0.101. The van der Waals surface area contributed by atoms with Crippen molar-refractivity contribution in [1.29, 1.82) is 0 Å². The van der Waals surface area contributed by atoms with E-state index in [4.69, 9.17) is 4.42 Å². The van der Waals surface area contributed by atoms with Crippen LogP contribution < -0.4 is 5.32 Å². The SMILES string of the molecule is Cc1cc(C(=O)Nc2nnc(-c3ccc(S(=O)(=O)N(C)C)cc3)o2)n(C(C)C)n1. The standard InChI is InChI=1S/C18H22N6O4S/c1-11(2)24-15(10-12(3)22-24)16(25)19-18-21-20-17(28-18)13-6-8-14(9-7-13)29(26,27)23(4)5/h6-11H,1-5H3,(H,19,21,25). The van der Waals surface area contributed by atoms with E-state index in [1.807, 2.05) is 13.8 Å². The highest BCUT2D eigenvalue weighted by atomic mass is 32.2. The van der Waals surface area contributed by atoms with Crippen LogP contribution in [0.1, 0.15) is 36.1 Å². The quantitative estimate of drug-likeness (QED) is 0.651. The molecule has 0 fully saturated rings. The summed E-state index contributed by atoms with van der Waals surface area (Å²) in [6.45, 7) is 5.66. The molecule has 0 saturated carbocycles. The van der Waals surface area contributed by atoms with Gasteiger partial charge in [0.25, 0.3) is 5.91 Å². The van der Waals surface area contributed by atoms with Crippen molar-refractivity contribution in [2.45, 2.75) is 31.7 Å². The molecular weight excluding hydrogens is 396 g/mol. The third kappa shape index (κ3) is 4.20. The van der Waals surface area contributed by atoms with Gasteiger partial charge in [-0.2, -0.15) is 5.10 Å². The minimum Gasteiger partial charge on any atom is -0.403 e. The van der Waals surface area contributed by atoms with E-state index < -0.39 is 15.9 Å². The molecule has 3 rings (SSSR count). The largest absolute Gasteiger partial charge is 0.403 e. The van der Waals surface area contributed by atoms with Crippen LogP contribution in [0.5, 0.6) is 0 Å². The molecule has 1 N–H and O–H groups in total. The van der Waals surface area contributed by atoms with Gasteiger partial charge in [0.15, 0.2) is 0 Å². The molecule has 0 saturated heterocycles. The number of benzene rings is 1. The fourth-order valence-corrected chi connectivity index (χ4v) is 3.51. The molecule has 1 aromatic carbocycles. The smallest absolute Gasteiger partial charge is 0.322 e. The van der Waals surface area contributed by atoms with E-state index in [0.29, 0.717) is 11.3 Å². The Hall–Kier alpha value is -3.05. The first-order chi connectivity index (χ1) is 13.6. The minimum atomic E-state index is -3.52. The molecule has 0 atom stereocenters. The molecule has 0 aliphatic heterocycles. The number of anilines is 1. The topological polar surface area (TPSA) is 123 Å². The Morgan fingerprint density at radius 1 is 1.17 bits per heavy atom. The number of nitrogens with one attached hydrogen (secondary N) is 1. The molecule has 0 bridgehead atoms. The van der Waals surface area contributed by atoms with Crippen LogP contribution in [0.15, 0.2) is 39.6 Å². The maximum Gasteiger partial charge on any atom is 0.322 e. The molecule has 3 aromatic rings. The van der Waals surface area contributed by atoms with Crippen LogP contribution in [0.2, 0.25) is 0 Å². The van der Waals surface area contributed by atoms with E-state index in [2.05, 4.69) is 20.6 Å². The molecule has 0 unspecified atom stereocenters. The fraction of sp³-hybridized carbons (Fsp3) is 0.333. The molecule has 154 valence electrons. The molecule has 0 radical (unpaired) electrons. The van der Waals surface area contributed by atoms with Crippen LogP contribution >= 0.6 is 0 Å². The molecule has 0 aliphatic carbocycles. The fourth-order valence-electron chi connectivity index (χ4n) is 2.61. The van der Waals surface area contributed by atoms with Crippen LogP contribution in [-0.4, -0.2) is 52.7 Å². The van der Waals surface area contributed by atoms with Gasteiger partial charge < -0.3 is 4.42 Å². The third-order valence-corrected chi connectivity index (χ3v) is 5.93. The van der Waals surface area contributed by atoms with Gasteiger partial charge in [-0.3, -0.25) is 14.8 Å². The highest BCUT2D eigenvalue weighted by Crippen LogP contribution is 2.23. The number of aromatic nitrogens is 4. The van der Waals surface area contributed by atoms with E-state index in [1.165, 1.54) is 26.2 Å². The zero-order chi connectivity index (χ0) is 21.3. The second-order valence-corrected chi connectivity index (χ2v) is 9.04. The summed E-state index contributed by atoms with van der Waals surface area (Å²) in [6.07, 6.45) is 0. The van der Waals surface area contributed by atoms with Crippen LogP contribution in [-0.2, 0) is 10.0 Å². The normalized spacial score (nSPS) is 12.0. The number of rotatable bonds is 6. The Kier molecular flexibility index (Phi) is 5.53. The van der Waals surface area contributed by atoms with Crippen molar-refractivity contribution in [1.82, 2.24) is 24.3 Å². The number of nitrogens with zero attached hydrogens (tertiary/aromatic N) is 5. The van der Waals surface area contributed by atoms with Crippen molar-refractivity contribution < 1.29 is 17.6 Å². The van der Waals surface area contributed by atoms with Gasteiger partial charge in [0.05, 0.1) is 10.6 Å². The van der Waals surface area contributed by atoms with Crippen molar-refractivity contribution in [3.63, 3.8) is 0 Å². The van der Waals surface area contributed by atoms with Gasteiger partial charge in [0.1, 0.15) is 5.69 Å². The van der Waals surface area contributed by atoms with E-state index in [-0.39, 0.29) is 22.8 Å².